The number of amides is 3. The van der Waals surface area contributed by atoms with Crippen molar-refractivity contribution in [3.63, 3.8) is 0 Å². The second-order valence-electron chi connectivity index (χ2n) is 7.87. The van der Waals surface area contributed by atoms with Crippen LogP contribution in [0.2, 0.25) is 5.02 Å². The molecule has 0 aliphatic heterocycles. The lowest BCUT2D eigenvalue weighted by Crippen LogP contribution is -2.50. The molecule has 9 nitrogen and oxygen atoms in total. The van der Waals surface area contributed by atoms with E-state index in [0.29, 0.717) is 12.1 Å². The molecule has 176 valence electrons. The maximum absolute atomic E-state index is 12.9. The molecule has 0 aliphatic rings. The molecule has 0 radical (unpaired) electrons. The Kier molecular flexibility index (Phi) is 8.93. The van der Waals surface area contributed by atoms with E-state index in [4.69, 9.17) is 11.6 Å². The number of hydrogen-bond acceptors (Lipinski definition) is 5. The molecular weight excluding hydrogens is 448 g/mol. The van der Waals surface area contributed by atoms with Gasteiger partial charge < -0.3 is 16.0 Å². The topological polar surface area (TPSA) is 130 Å². The van der Waals surface area contributed by atoms with Gasteiger partial charge in [0.15, 0.2) is 0 Å². The van der Waals surface area contributed by atoms with E-state index in [9.17, 15) is 24.5 Å². The highest BCUT2D eigenvalue weighted by atomic mass is 35.5. The van der Waals surface area contributed by atoms with E-state index < -0.39 is 16.9 Å². The highest BCUT2D eigenvalue weighted by Gasteiger charge is 2.27. The maximum atomic E-state index is 12.9. The number of halogens is 1. The lowest BCUT2D eigenvalue weighted by atomic mass is 10.0. The predicted octanol–water partition coefficient (Wildman–Crippen LogP) is 4.23. The van der Waals surface area contributed by atoms with Crippen LogP contribution in [0.5, 0.6) is 0 Å². The van der Waals surface area contributed by atoms with E-state index in [1.165, 1.54) is 12.1 Å². The fourth-order valence-electron chi connectivity index (χ4n) is 3.05. The largest absolute Gasteiger partial charge is 0.348 e. The van der Waals surface area contributed by atoms with Gasteiger partial charge in [0.2, 0.25) is 11.8 Å². The number of nitro benzene ring substituents is 1. The highest BCUT2D eigenvalue weighted by Crippen LogP contribution is 2.23. The third kappa shape index (κ3) is 7.01. The molecule has 2 rings (SSSR count). The van der Waals surface area contributed by atoms with Gasteiger partial charge in [0.25, 0.3) is 11.6 Å². The molecule has 3 amide bonds. The average molecular weight is 475 g/mol. The molecule has 0 spiro atoms. The Morgan fingerprint density at radius 2 is 1.67 bits per heavy atom. The molecular formula is C23H27ClN4O5. The van der Waals surface area contributed by atoms with Crippen molar-refractivity contribution in [1.29, 1.82) is 0 Å². The maximum Gasteiger partial charge on any atom is 0.270 e. The Morgan fingerprint density at radius 3 is 2.18 bits per heavy atom. The molecule has 0 fully saturated rings. The number of benzene rings is 2. The van der Waals surface area contributed by atoms with Crippen LogP contribution in [0.1, 0.15) is 56.1 Å². The second kappa shape index (κ2) is 11.4. The van der Waals surface area contributed by atoms with Crippen LogP contribution in [0.25, 0.3) is 0 Å². The number of carbonyl (C=O) groups excluding carboxylic acids is 3. The molecule has 2 aromatic carbocycles. The van der Waals surface area contributed by atoms with E-state index >= 15 is 0 Å². The lowest BCUT2D eigenvalue weighted by Gasteiger charge is -2.24. The molecule has 0 bridgehead atoms. The highest BCUT2D eigenvalue weighted by molar-refractivity contribution is 6.34. The predicted molar refractivity (Wildman–Crippen MR) is 126 cm³/mol. The minimum Gasteiger partial charge on any atom is -0.348 e. The molecule has 2 unspecified atom stereocenters. The van der Waals surface area contributed by atoms with Crippen LogP contribution in [0.3, 0.4) is 0 Å². The van der Waals surface area contributed by atoms with Gasteiger partial charge in [-0.15, -0.1) is 0 Å². The molecule has 3 N–H and O–H groups in total. The molecule has 0 heterocycles. The summed E-state index contributed by atoms with van der Waals surface area (Å²) >= 11 is 6.04. The van der Waals surface area contributed by atoms with Crippen molar-refractivity contribution < 1.29 is 19.3 Å². The number of non-ortho nitro benzene ring substituents is 1. The summed E-state index contributed by atoms with van der Waals surface area (Å²) in [6.07, 6.45) is 0.377. The summed E-state index contributed by atoms with van der Waals surface area (Å²) in [7, 11) is 0. The van der Waals surface area contributed by atoms with Crippen LogP contribution in [-0.2, 0) is 9.59 Å². The summed E-state index contributed by atoms with van der Waals surface area (Å²) in [6.45, 7) is 7.15. The van der Waals surface area contributed by atoms with Crippen molar-refractivity contribution in [2.45, 2.75) is 46.2 Å². The van der Waals surface area contributed by atoms with Crippen LogP contribution in [0.15, 0.2) is 42.5 Å². The Bertz CT molecular complexity index is 1040. The molecule has 0 saturated heterocycles. The van der Waals surface area contributed by atoms with Gasteiger partial charge >= 0.3 is 0 Å². The molecule has 2 aromatic rings. The Hall–Kier alpha value is -3.46. The van der Waals surface area contributed by atoms with Crippen molar-refractivity contribution in [3.05, 3.63) is 68.7 Å². The Labute approximate surface area is 197 Å². The Morgan fingerprint density at radius 1 is 1.03 bits per heavy atom. The SMILES string of the molecule is CCC(=O)Nc1ccc(C(C)NC(=O)C(NC(=O)c2ccc([N+](=O)[O-])cc2Cl)C(C)C)cc1. The fourth-order valence-corrected chi connectivity index (χ4v) is 3.31. The third-order valence-corrected chi connectivity index (χ3v) is 5.33. The van der Waals surface area contributed by atoms with Crippen LogP contribution in [0, 0.1) is 16.0 Å². The van der Waals surface area contributed by atoms with Crippen molar-refractivity contribution in [3.8, 4) is 0 Å². The zero-order chi connectivity index (χ0) is 24.7. The zero-order valence-corrected chi connectivity index (χ0v) is 19.6. The summed E-state index contributed by atoms with van der Waals surface area (Å²) < 4.78 is 0. The summed E-state index contributed by atoms with van der Waals surface area (Å²) in [4.78, 5) is 47.4. The number of rotatable bonds is 9. The van der Waals surface area contributed by atoms with Crippen LogP contribution in [-0.4, -0.2) is 28.7 Å². The average Bonchev–Trinajstić information content (AvgIpc) is 2.77. The summed E-state index contributed by atoms with van der Waals surface area (Å²) in [5.74, 6) is -1.31. The number of nitrogens with zero attached hydrogens (tertiary/aromatic N) is 1. The Balaban J connectivity index is 2.08. The summed E-state index contributed by atoms with van der Waals surface area (Å²) in [5.41, 5.74) is 1.30. The number of nitrogens with one attached hydrogen (secondary N) is 3. The molecule has 10 heteroatoms. The van der Waals surface area contributed by atoms with E-state index in [0.717, 1.165) is 11.6 Å². The number of carbonyl (C=O) groups is 3. The smallest absolute Gasteiger partial charge is 0.270 e. The van der Waals surface area contributed by atoms with E-state index in [2.05, 4.69) is 16.0 Å². The first kappa shape index (κ1) is 25.8. The van der Waals surface area contributed by atoms with Crippen LogP contribution < -0.4 is 16.0 Å². The first-order valence-electron chi connectivity index (χ1n) is 10.5. The van der Waals surface area contributed by atoms with Gasteiger partial charge in [0.05, 0.1) is 21.6 Å². The molecule has 33 heavy (non-hydrogen) atoms. The molecule has 0 saturated carbocycles. The van der Waals surface area contributed by atoms with Gasteiger partial charge in [-0.2, -0.15) is 0 Å². The van der Waals surface area contributed by atoms with Crippen LogP contribution >= 0.6 is 11.6 Å². The minimum absolute atomic E-state index is 0.0403. The van der Waals surface area contributed by atoms with Crippen LogP contribution in [0.4, 0.5) is 11.4 Å². The van der Waals surface area contributed by atoms with E-state index in [-0.39, 0.29) is 40.0 Å². The monoisotopic (exact) mass is 474 g/mol. The van der Waals surface area contributed by atoms with Crippen molar-refractivity contribution >= 4 is 40.7 Å². The van der Waals surface area contributed by atoms with E-state index in [1.54, 1.807) is 45.0 Å². The fraction of sp³-hybridized carbons (Fsp3) is 0.348. The standard InChI is InChI=1S/C23H27ClN4O5/c1-5-20(29)26-16-8-6-15(7-9-16)14(4)25-23(31)21(13(2)3)27-22(30)18-11-10-17(28(32)33)12-19(18)24/h6-14,21H,5H2,1-4H3,(H,25,31)(H,26,29)(H,27,30). The quantitative estimate of drug-likeness (QED) is 0.370. The minimum atomic E-state index is -0.852. The number of hydrogen-bond donors (Lipinski definition) is 3. The summed E-state index contributed by atoms with van der Waals surface area (Å²) in [5, 5.41) is 19.1. The lowest BCUT2D eigenvalue weighted by molar-refractivity contribution is -0.384. The summed E-state index contributed by atoms with van der Waals surface area (Å²) in [6, 6.07) is 9.44. The number of nitro groups is 1. The van der Waals surface area contributed by atoms with Gasteiger partial charge in [-0.1, -0.05) is 44.5 Å². The first-order chi connectivity index (χ1) is 15.5. The molecule has 0 aromatic heterocycles. The van der Waals surface area contributed by atoms with Crippen molar-refractivity contribution in [2.75, 3.05) is 5.32 Å². The molecule has 2 atom stereocenters. The third-order valence-electron chi connectivity index (χ3n) is 5.02. The van der Waals surface area contributed by atoms with Gasteiger partial charge in [-0.3, -0.25) is 24.5 Å². The normalized spacial score (nSPS) is 12.5. The van der Waals surface area contributed by atoms with Gasteiger partial charge in [-0.25, -0.2) is 0 Å². The van der Waals surface area contributed by atoms with E-state index in [1.807, 2.05) is 6.92 Å². The van der Waals surface area contributed by atoms with Gasteiger partial charge in [0, 0.05) is 24.2 Å². The number of anilines is 1. The van der Waals surface area contributed by atoms with Gasteiger partial charge in [0.1, 0.15) is 6.04 Å². The van der Waals surface area contributed by atoms with Crippen molar-refractivity contribution in [2.24, 2.45) is 5.92 Å². The zero-order valence-electron chi connectivity index (χ0n) is 18.8. The van der Waals surface area contributed by atoms with Gasteiger partial charge in [-0.05, 0) is 36.6 Å². The molecule has 0 aliphatic carbocycles. The first-order valence-corrected chi connectivity index (χ1v) is 10.9. The second-order valence-corrected chi connectivity index (χ2v) is 8.28. The van der Waals surface area contributed by atoms with Crippen molar-refractivity contribution in [1.82, 2.24) is 10.6 Å².